The van der Waals surface area contributed by atoms with Gasteiger partial charge >= 0.3 is 0 Å². The van der Waals surface area contributed by atoms with E-state index in [4.69, 9.17) is 11.5 Å². The second-order valence-electron chi connectivity index (χ2n) is 2.75. The number of anilines is 2. The van der Waals surface area contributed by atoms with Crippen molar-refractivity contribution in [2.24, 2.45) is 5.73 Å². The minimum absolute atomic E-state index is 0.418. The average Bonchev–Trinajstić information content (AvgIpc) is 2.08. The molecule has 0 aromatic carbocycles. The van der Waals surface area contributed by atoms with Crippen molar-refractivity contribution >= 4 is 17.4 Å². The Labute approximate surface area is 76.1 Å². The first-order valence-electron chi connectivity index (χ1n) is 3.87. The van der Waals surface area contributed by atoms with Gasteiger partial charge in [-0.2, -0.15) is 0 Å². The van der Waals surface area contributed by atoms with Crippen molar-refractivity contribution in [2.45, 2.75) is 13.0 Å². The Kier molecular flexibility index (Phi) is 2.69. The summed E-state index contributed by atoms with van der Waals surface area (Å²) < 4.78 is 0. The van der Waals surface area contributed by atoms with Gasteiger partial charge in [-0.3, -0.25) is 4.79 Å². The molecule has 5 nitrogen and oxygen atoms in total. The molecule has 1 aromatic rings. The molecular formula is C8H12N4O. The molecule has 5 heteroatoms. The second kappa shape index (κ2) is 3.75. The second-order valence-corrected chi connectivity index (χ2v) is 2.75. The molecule has 1 heterocycles. The highest BCUT2D eigenvalue weighted by molar-refractivity contribution is 5.82. The fourth-order valence-corrected chi connectivity index (χ4v) is 0.784. The predicted molar refractivity (Wildman–Crippen MR) is 50.9 cm³/mol. The topological polar surface area (TPSA) is 94.0 Å². The molecule has 0 aliphatic heterocycles. The molecule has 0 fully saturated rings. The van der Waals surface area contributed by atoms with Crippen molar-refractivity contribution < 1.29 is 4.79 Å². The Balaban J connectivity index is 2.64. The van der Waals surface area contributed by atoms with Crippen molar-refractivity contribution in [3.8, 4) is 0 Å². The standard InChI is InChI=1S/C8H12N4O/c1-5(8(10)13)12-7-3-2-6(9)4-11-7/h2-5H,9H2,1H3,(H2,10,13)(H,11,12). The van der Waals surface area contributed by atoms with Crippen LogP contribution in [0.1, 0.15) is 6.92 Å². The largest absolute Gasteiger partial charge is 0.397 e. The highest BCUT2D eigenvalue weighted by Gasteiger charge is 2.07. The summed E-state index contributed by atoms with van der Waals surface area (Å²) in [6.07, 6.45) is 1.51. The lowest BCUT2D eigenvalue weighted by Crippen LogP contribution is -2.32. The molecule has 5 N–H and O–H groups in total. The van der Waals surface area contributed by atoms with Crippen LogP contribution in [0.25, 0.3) is 0 Å². The summed E-state index contributed by atoms with van der Waals surface area (Å²) in [6.45, 7) is 1.67. The van der Waals surface area contributed by atoms with Crippen LogP contribution in [0, 0.1) is 0 Å². The Morgan fingerprint density at radius 1 is 1.62 bits per heavy atom. The van der Waals surface area contributed by atoms with Gasteiger partial charge in [0.1, 0.15) is 11.9 Å². The lowest BCUT2D eigenvalue weighted by atomic mass is 10.3. The van der Waals surface area contributed by atoms with Gasteiger partial charge in [-0.15, -0.1) is 0 Å². The number of aromatic nitrogens is 1. The lowest BCUT2D eigenvalue weighted by molar-refractivity contribution is -0.118. The molecule has 0 saturated heterocycles. The molecule has 1 rings (SSSR count). The van der Waals surface area contributed by atoms with Gasteiger partial charge in [0.25, 0.3) is 0 Å². The zero-order chi connectivity index (χ0) is 9.84. The van der Waals surface area contributed by atoms with Gasteiger partial charge in [0.05, 0.1) is 11.9 Å². The normalized spacial score (nSPS) is 12.1. The molecule has 0 aliphatic rings. The van der Waals surface area contributed by atoms with Crippen molar-refractivity contribution in [2.75, 3.05) is 11.1 Å². The number of hydrogen-bond acceptors (Lipinski definition) is 4. The molecule has 0 aliphatic carbocycles. The molecular weight excluding hydrogens is 168 g/mol. The van der Waals surface area contributed by atoms with Gasteiger partial charge in [0.15, 0.2) is 0 Å². The van der Waals surface area contributed by atoms with Crippen LogP contribution in [-0.4, -0.2) is 16.9 Å². The smallest absolute Gasteiger partial charge is 0.239 e. The van der Waals surface area contributed by atoms with E-state index in [0.29, 0.717) is 11.5 Å². The molecule has 1 amide bonds. The minimum atomic E-state index is -0.434. The number of carbonyl (C=O) groups excluding carboxylic acids is 1. The highest BCUT2D eigenvalue weighted by atomic mass is 16.1. The molecule has 1 atom stereocenters. The molecule has 0 saturated carbocycles. The molecule has 0 bridgehead atoms. The Bertz CT molecular complexity index is 296. The van der Waals surface area contributed by atoms with Crippen LogP contribution in [0.2, 0.25) is 0 Å². The molecule has 13 heavy (non-hydrogen) atoms. The summed E-state index contributed by atoms with van der Waals surface area (Å²) in [5.74, 6) is 0.166. The van der Waals surface area contributed by atoms with Gasteiger partial charge in [0.2, 0.25) is 5.91 Å². The monoisotopic (exact) mass is 180 g/mol. The number of primary amides is 1. The van der Waals surface area contributed by atoms with Gasteiger partial charge in [-0.25, -0.2) is 4.98 Å². The van der Waals surface area contributed by atoms with E-state index in [1.54, 1.807) is 19.1 Å². The molecule has 1 unspecified atom stereocenters. The first-order valence-corrected chi connectivity index (χ1v) is 3.87. The zero-order valence-corrected chi connectivity index (χ0v) is 7.32. The zero-order valence-electron chi connectivity index (χ0n) is 7.32. The van der Waals surface area contributed by atoms with E-state index < -0.39 is 11.9 Å². The van der Waals surface area contributed by atoms with Gasteiger partial charge < -0.3 is 16.8 Å². The Hall–Kier alpha value is -1.78. The highest BCUT2D eigenvalue weighted by Crippen LogP contribution is 2.06. The SMILES string of the molecule is CC(Nc1ccc(N)cn1)C(N)=O. The maximum atomic E-state index is 10.7. The number of rotatable bonds is 3. The number of carbonyl (C=O) groups is 1. The first-order chi connectivity index (χ1) is 6.09. The summed E-state index contributed by atoms with van der Waals surface area (Å²) in [5, 5.41) is 2.83. The van der Waals surface area contributed by atoms with Crippen LogP contribution in [0.5, 0.6) is 0 Å². The number of amides is 1. The fourth-order valence-electron chi connectivity index (χ4n) is 0.784. The number of hydrogen-bond donors (Lipinski definition) is 3. The first kappa shape index (κ1) is 9.31. The van der Waals surface area contributed by atoms with E-state index >= 15 is 0 Å². The van der Waals surface area contributed by atoms with Crippen molar-refractivity contribution in [1.29, 1.82) is 0 Å². The third-order valence-electron chi connectivity index (χ3n) is 1.58. The fraction of sp³-hybridized carbons (Fsp3) is 0.250. The van der Waals surface area contributed by atoms with Crippen LogP contribution >= 0.6 is 0 Å². The predicted octanol–water partition coefficient (Wildman–Crippen LogP) is -0.0505. The van der Waals surface area contributed by atoms with Gasteiger partial charge in [-0.05, 0) is 19.1 Å². The quantitative estimate of drug-likeness (QED) is 0.607. The van der Waals surface area contributed by atoms with Crippen LogP contribution in [0.3, 0.4) is 0 Å². The minimum Gasteiger partial charge on any atom is -0.397 e. The maximum absolute atomic E-state index is 10.7. The summed E-state index contributed by atoms with van der Waals surface area (Å²) in [6, 6.07) is 2.95. The summed E-state index contributed by atoms with van der Waals surface area (Å²) in [5.41, 5.74) is 11.1. The number of nitrogen functional groups attached to an aromatic ring is 1. The molecule has 0 radical (unpaired) electrons. The van der Waals surface area contributed by atoms with Crippen molar-refractivity contribution in [3.63, 3.8) is 0 Å². The van der Waals surface area contributed by atoms with Crippen LogP contribution in [0.4, 0.5) is 11.5 Å². The van der Waals surface area contributed by atoms with Crippen molar-refractivity contribution in [1.82, 2.24) is 4.98 Å². The van der Waals surface area contributed by atoms with E-state index in [-0.39, 0.29) is 0 Å². The lowest BCUT2D eigenvalue weighted by Gasteiger charge is -2.09. The molecule has 0 spiro atoms. The number of nitrogens with two attached hydrogens (primary N) is 2. The summed E-state index contributed by atoms with van der Waals surface area (Å²) in [4.78, 5) is 14.6. The number of nitrogens with zero attached hydrogens (tertiary/aromatic N) is 1. The van der Waals surface area contributed by atoms with E-state index in [9.17, 15) is 4.79 Å². The average molecular weight is 180 g/mol. The van der Waals surface area contributed by atoms with E-state index in [1.165, 1.54) is 6.20 Å². The molecule has 1 aromatic heterocycles. The van der Waals surface area contributed by atoms with E-state index in [2.05, 4.69) is 10.3 Å². The number of nitrogens with one attached hydrogen (secondary N) is 1. The van der Waals surface area contributed by atoms with E-state index in [1.807, 2.05) is 0 Å². The number of pyridine rings is 1. The van der Waals surface area contributed by atoms with E-state index in [0.717, 1.165) is 0 Å². The third kappa shape index (κ3) is 2.62. The maximum Gasteiger partial charge on any atom is 0.239 e. The van der Waals surface area contributed by atoms with Crippen LogP contribution in [0.15, 0.2) is 18.3 Å². The van der Waals surface area contributed by atoms with Crippen LogP contribution in [-0.2, 0) is 4.79 Å². The molecule has 70 valence electrons. The Morgan fingerprint density at radius 3 is 2.77 bits per heavy atom. The van der Waals surface area contributed by atoms with Gasteiger partial charge in [-0.1, -0.05) is 0 Å². The summed E-state index contributed by atoms with van der Waals surface area (Å²) in [7, 11) is 0. The third-order valence-corrected chi connectivity index (χ3v) is 1.58. The summed E-state index contributed by atoms with van der Waals surface area (Å²) >= 11 is 0. The van der Waals surface area contributed by atoms with Gasteiger partial charge in [0, 0.05) is 0 Å². The van der Waals surface area contributed by atoms with Crippen molar-refractivity contribution in [3.05, 3.63) is 18.3 Å². The Morgan fingerprint density at radius 2 is 2.31 bits per heavy atom. The van der Waals surface area contributed by atoms with Crippen LogP contribution < -0.4 is 16.8 Å².